The summed E-state index contributed by atoms with van der Waals surface area (Å²) >= 11 is 13.4. The number of rotatable bonds is 6. The summed E-state index contributed by atoms with van der Waals surface area (Å²) in [5, 5.41) is 7.04. The molecule has 188 valence electrons. The Morgan fingerprint density at radius 1 is 1.06 bits per heavy atom. The standard InChI is InChI=1S/C25H26Cl2N6O3/c1-35-18-12-19(36-2)21(27)22(20(18)26)32-14-15-13-29-24(30-16-6-4-3-5-7-16)31-23(15)33(25(32)34)17-8-10-28-11-9-17/h3-7,12-13,17,28H,8-11,14H2,1-2H3,(H,29,30,31). The largest absolute Gasteiger partial charge is 0.495 e. The van der Waals surface area contributed by atoms with Crippen LogP contribution in [0.15, 0.2) is 42.6 Å². The van der Waals surface area contributed by atoms with Crippen LogP contribution < -0.4 is 29.9 Å². The number of amides is 2. The average Bonchev–Trinajstić information content (AvgIpc) is 2.90. The number of hydrogen-bond donors (Lipinski definition) is 2. The summed E-state index contributed by atoms with van der Waals surface area (Å²) in [5.41, 5.74) is 1.97. The molecule has 2 aromatic carbocycles. The van der Waals surface area contributed by atoms with Crippen LogP contribution in [0.25, 0.3) is 0 Å². The Kier molecular flexibility index (Phi) is 7.04. The number of methoxy groups -OCH3 is 2. The van der Waals surface area contributed by atoms with Crippen LogP contribution in [-0.2, 0) is 6.54 Å². The van der Waals surface area contributed by atoms with Gasteiger partial charge in [0, 0.05) is 29.6 Å². The summed E-state index contributed by atoms with van der Waals surface area (Å²) < 4.78 is 10.9. The number of anilines is 4. The van der Waals surface area contributed by atoms with Crippen LogP contribution in [0.5, 0.6) is 11.5 Å². The van der Waals surface area contributed by atoms with Gasteiger partial charge in [-0.15, -0.1) is 0 Å². The Balaban J connectivity index is 1.60. The highest BCUT2D eigenvalue weighted by Crippen LogP contribution is 2.48. The van der Waals surface area contributed by atoms with Gasteiger partial charge in [0.1, 0.15) is 27.4 Å². The molecule has 2 aliphatic heterocycles. The normalized spacial score (nSPS) is 16.1. The summed E-state index contributed by atoms with van der Waals surface area (Å²) in [7, 11) is 3.00. The zero-order valence-corrected chi connectivity index (χ0v) is 21.4. The topological polar surface area (TPSA) is 91.8 Å². The van der Waals surface area contributed by atoms with E-state index >= 15 is 0 Å². The monoisotopic (exact) mass is 528 g/mol. The maximum Gasteiger partial charge on any atom is 0.330 e. The van der Waals surface area contributed by atoms with E-state index in [0.717, 1.165) is 37.2 Å². The second-order valence-corrected chi connectivity index (χ2v) is 9.27. The SMILES string of the molecule is COc1cc(OC)c(Cl)c(N2Cc3cnc(Nc4ccccc4)nc3N(C3CCNCC3)C2=O)c1Cl. The Morgan fingerprint density at radius 3 is 2.36 bits per heavy atom. The summed E-state index contributed by atoms with van der Waals surface area (Å²) in [6.07, 6.45) is 3.31. The molecule has 0 bridgehead atoms. The van der Waals surface area contributed by atoms with Crippen molar-refractivity contribution in [3.05, 3.63) is 58.2 Å². The molecule has 0 saturated carbocycles. The van der Waals surface area contributed by atoms with E-state index in [1.807, 2.05) is 30.3 Å². The molecule has 3 heterocycles. The minimum Gasteiger partial charge on any atom is -0.495 e. The molecule has 3 aromatic rings. The maximum absolute atomic E-state index is 14.1. The van der Waals surface area contributed by atoms with Crippen LogP contribution in [0, 0.1) is 0 Å². The molecule has 9 nitrogen and oxygen atoms in total. The molecule has 2 N–H and O–H groups in total. The minimum absolute atomic E-state index is 0.0511. The smallest absolute Gasteiger partial charge is 0.330 e. The van der Waals surface area contributed by atoms with Crippen LogP contribution in [-0.4, -0.2) is 49.4 Å². The third-order valence-electron chi connectivity index (χ3n) is 6.36. The quantitative estimate of drug-likeness (QED) is 0.451. The third kappa shape index (κ3) is 4.50. The first-order valence-corrected chi connectivity index (χ1v) is 12.4. The van der Waals surface area contributed by atoms with Crippen LogP contribution in [0.4, 0.5) is 27.9 Å². The molecular weight excluding hydrogens is 503 g/mol. The van der Waals surface area contributed by atoms with Crippen LogP contribution in [0.1, 0.15) is 18.4 Å². The van der Waals surface area contributed by atoms with Gasteiger partial charge in [-0.1, -0.05) is 41.4 Å². The Hall–Kier alpha value is -3.27. The lowest BCUT2D eigenvalue weighted by Gasteiger charge is -2.42. The van der Waals surface area contributed by atoms with Gasteiger partial charge >= 0.3 is 6.03 Å². The van der Waals surface area contributed by atoms with Crippen molar-refractivity contribution in [2.45, 2.75) is 25.4 Å². The van der Waals surface area contributed by atoms with Gasteiger partial charge < -0.3 is 20.1 Å². The Labute approximate surface area is 219 Å². The van der Waals surface area contributed by atoms with Gasteiger partial charge in [-0.2, -0.15) is 4.98 Å². The fourth-order valence-electron chi connectivity index (χ4n) is 4.57. The molecule has 0 aliphatic carbocycles. The Bertz CT molecular complexity index is 1240. The van der Waals surface area contributed by atoms with E-state index in [-0.39, 0.29) is 28.7 Å². The van der Waals surface area contributed by atoms with Crippen molar-refractivity contribution >= 4 is 52.4 Å². The van der Waals surface area contributed by atoms with E-state index < -0.39 is 0 Å². The number of benzene rings is 2. The molecule has 1 fully saturated rings. The number of urea groups is 1. The second-order valence-electron chi connectivity index (χ2n) is 8.51. The average molecular weight is 529 g/mol. The van der Waals surface area contributed by atoms with Gasteiger partial charge in [0.15, 0.2) is 0 Å². The highest BCUT2D eigenvalue weighted by atomic mass is 35.5. The van der Waals surface area contributed by atoms with Crippen LogP contribution >= 0.6 is 23.2 Å². The van der Waals surface area contributed by atoms with Crippen LogP contribution in [0.2, 0.25) is 10.0 Å². The van der Waals surface area contributed by atoms with E-state index in [0.29, 0.717) is 29.0 Å². The molecule has 5 rings (SSSR count). The minimum atomic E-state index is -0.266. The van der Waals surface area contributed by atoms with Gasteiger partial charge in [0.2, 0.25) is 5.95 Å². The predicted octanol–water partition coefficient (Wildman–Crippen LogP) is 5.24. The van der Waals surface area contributed by atoms with Crippen molar-refractivity contribution in [2.75, 3.05) is 42.4 Å². The number of carbonyl (C=O) groups is 1. The molecule has 11 heteroatoms. The maximum atomic E-state index is 14.1. The molecule has 2 amide bonds. The molecule has 0 atom stereocenters. The van der Waals surface area contributed by atoms with Crippen molar-refractivity contribution in [2.24, 2.45) is 0 Å². The number of para-hydroxylation sites is 1. The van der Waals surface area contributed by atoms with E-state index in [4.69, 9.17) is 37.7 Å². The first-order valence-electron chi connectivity index (χ1n) is 11.6. The van der Waals surface area contributed by atoms with Gasteiger partial charge in [-0.05, 0) is 38.1 Å². The van der Waals surface area contributed by atoms with E-state index in [2.05, 4.69) is 15.6 Å². The highest BCUT2D eigenvalue weighted by Gasteiger charge is 2.40. The van der Waals surface area contributed by atoms with Gasteiger partial charge in [-0.3, -0.25) is 9.80 Å². The van der Waals surface area contributed by atoms with Crippen molar-refractivity contribution in [3.63, 3.8) is 0 Å². The highest BCUT2D eigenvalue weighted by molar-refractivity contribution is 6.42. The lowest BCUT2D eigenvalue weighted by atomic mass is 10.0. The number of ether oxygens (including phenoxy) is 2. The lowest BCUT2D eigenvalue weighted by molar-refractivity contribution is 0.245. The number of nitrogens with zero attached hydrogens (tertiary/aromatic N) is 4. The van der Waals surface area contributed by atoms with Crippen molar-refractivity contribution in [1.82, 2.24) is 15.3 Å². The Morgan fingerprint density at radius 2 is 1.72 bits per heavy atom. The fraction of sp³-hybridized carbons (Fsp3) is 0.320. The number of carbonyl (C=O) groups excluding carboxylic acids is 1. The molecule has 1 saturated heterocycles. The third-order valence-corrected chi connectivity index (χ3v) is 7.09. The predicted molar refractivity (Wildman–Crippen MR) is 141 cm³/mol. The zero-order valence-electron chi connectivity index (χ0n) is 19.9. The second kappa shape index (κ2) is 10.4. The summed E-state index contributed by atoms with van der Waals surface area (Å²) in [6.45, 7) is 1.80. The summed E-state index contributed by atoms with van der Waals surface area (Å²) in [5.74, 6) is 1.72. The fourth-order valence-corrected chi connectivity index (χ4v) is 5.27. The van der Waals surface area contributed by atoms with Crippen molar-refractivity contribution in [1.29, 1.82) is 0 Å². The van der Waals surface area contributed by atoms with E-state index in [1.54, 1.807) is 22.1 Å². The first-order chi connectivity index (χ1) is 17.5. The number of piperidine rings is 1. The molecule has 0 spiro atoms. The van der Waals surface area contributed by atoms with Crippen molar-refractivity contribution < 1.29 is 14.3 Å². The number of aromatic nitrogens is 2. The zero-order chi connectivity index (χ0) is 25.2. The van der Waals surface area contributed by atoms with Gasteiger partial charge in [-0.25, -0.2) is 9.78 Å². The van der Waals surface area contributed by atoms with Gasteiger partial charge in [0.25, 0.3) is 0 Å². The van der Waals surface area contributed by atoms with E-state index in [1.165, 1.54) is 14.2 Å². The van der Waals surface area contributed by atoms with Gasteiger partial charge in [0.05, 0.1) is 26.5 Å². The summed E-state index contributed by atoms with van der Waals surface area (Å²) in [6, 6.07) is 10.9. The molecular formula is C25H26Cl2N6O3. The molecule has 0 unspecified atom stereocenters. The van der Waals surface area contributed by atoms with Crippen molar-refractivity contribution in [3.8, 4) is 11.5 Å². The molecule has 2 aliphatic rings. The molecule has 1 aromatic heterocycles. The summed E-state index contributed by atoms with van der Waals surface area (Å²) in [4.78, 5) is 26.7. The number of halogens is 2. The first kappa shape index (κ1) is 24.4. The lowest BCUT2D eigenvalue weighted by Crippen LogP contribution is -2.55. The van der Waals surface area contributed by atoms with Crippen LogP contribution in [0.3, 0.4) is 0 Å². The number of nitrogens with one attached hydrogen (secondary N) is 2. The molecule has 0 radical (unpaired) electrons. The van der Waals surface area contributed by atoms with E-state index in [9.17, 15) is 4.79 Å². The number of hydrogen-bond acceptors (Lipinski definition) is 7. The number of fused-ring (bicyclic) bond motifs is 1. The molecule has 36 heavy (non-hydrogen) atoms.